The summed E-state index contributed by atoms with van der Waals surface area (Å²) in [5, 5.41) is 15.1. The zero-order valence-electron chi connectivity index (χ0n) is 16.2. The molecular formula is C20H21N7O2. The van der Waals surface area contributed by atoms with Crippen molar-refractivity contribution < 1.29 is 9.26 Å². The number of rotatable bonds is 6. The quantitative estimate of drug-likeness (QED) is 0.517. The van der Waals surface area contributed by atoms with E-state index in [0.29, 0.717) is 30.2 Å². The number of anilines is 2. The molecule has 1 aliphatic heterocycles. The SMILES string of the molecule is Cc1cnc(Nc2cc3cc(-c4c(OCC5CCN5)noc4C)ccn3n2)cn1. The Morgan fingerprint density at radius 1 is 1.24 bits per heavy atom. The van der Waals surface area contributed by atoms with E-state index in [0.717, 1.165) is 41.1 Å². The number of ether oxygens (including phenoxy) is 1. The lowest BCUT2D eigenvalue weighted by molar-refractivity contribution is 0.202. The zero-order valence-corrected chi connectivity index (χ0v) is 16.2. The first-order valence-electron chi connectivity index (χ1n) is 9.53. The maximum absolute atomic E-state index is 5.90. The summed E-state index contributed by atoms with van der Waals surface area (Å²) in [4.78, 5) is 8.55. The summed E-state index contributed by atoms with van der Waals surface area (Å²) in [5.41, 5.74) is 3.63. The summed E-state index contributed by atoms with van der Waals surface area (Å²) in [6, 6.07) is 6.35. The minimum absolute atomic E-state index is 0.385. The van der Waals surface area contributed by atoms with Crippen molar-refractivity contribution in [3.63, 3.8) is 0 Å². The highest BCUT2D eigenvalue weighted by atomic mass is 16.5. The minimum atomic E-state index is 0.385. The molecule has 9 nitrogen and oxygen atoms in total. The molecule has 0 aliphatic carbocycles. The largest absolute Gasteiger partial charge is 0.473 e. The van der Waals surface area contributed by atoms with Gasteiger partial charge in [0, 0.05) is 18.3 Å². The van der Waals surface area contributed by atoms with E-state index in [2.05, 4.69) is 30.9 Å². The van der Waals surface area contributed by atoms with Gasteiger partial charge in [0.2, 0.25) is 0 Å². The van der Waals surface area contributed by atoms with Crippen LogP contribution in [0.4, 0.5) is 11.6 Å². The van der Waals surface area contributed by atoms with E-state index >= 15 is 0 Å². The smallest absolute Gasteiger partial charge is 0.262 e. The average Bonchev–Trinajstić information content (AvgIpc) is 3.24. The molecule has 0 amide bonds. The van der Waals surface area contributed by atoms with Crippen LogP contribution in [0.1, 0.15) is 17.9 Å². The van der Waals surface area contributed by atoms with Crippen LogP contribution in [0.3, 0.4) is 0 Å². The topological polar surface area (TPSA) is 102 Å². The van der Waals surface area contributed by atoms with Gasteiger partial charge in [-0.05, 0) is 49.7 Å². The van der Waals surface area contributed by atoms with Crippen molar-refractivity contribution in [2.24, 2.45) is 0 Å². The summed E-state index contributed by atoms with van der Waals surface area (Å²) >= 11 is 0. The normalized spacial score (nSPS) is 16.0. The monoisotopic (exact) mass is 391 g/mol. The number of fused-ring (bicyclic) bond motifs is 1. The van der Waals surface area contributed by atoms with E-state index in [4.69, 9.17) is 9.26 Å². The highest BCUT2D eigenvalue weighted by Crippen LogP contribution is 2.34. The molecule has 1 aliphatic rings. The van der Waals surface area contributed by atoms with Gasteiger partial charge in [-0.2, -0.15) is 5.10 Å². The summed E-state index contributed by atoms with van der Waals surface area (Å²) in [6.45, 7) is 5.41. The van der Waals surface area contributed by atoms with E-state index < -0.39 is 0 Å². The Balaban J connectivity index is 1.41. The van der Waals surface area contributed by atoms with E-state index in [1.807, 2.05) is 38.2 Å². The molecule has 148 valence electrons. The molecule has 4 aromatic rings. The van der Waals surface area contributed by atoms with Crippen molar-refractivity contribution in [1.82, 2.24) is 30.1 Å². The number of nitrogens with one attached hydrogen (secondary N) is 2. The molecule has 5 heterocycles. The molecule has 0 saturated carbocycles. The minimum Gasteiger partial charge on any atom is -0.473 e. The van der Waals surface area contributed by atoms with Gasteiger partial charge in [0.25, 0.3) is 5.88 Å². The summed E-state index contributed by atoms with van der Waals surface area (Å²) in [7, 11) is 0. The van der Waals surface area contributed by atoms with E-state index in [-0.39, 0.29) is 0 Å². The average molecular weight is 391 g/mol. The Morgan fingerprint density at radius 2 is 2.14 bits per heavy atom. The highest BCUT2D eigenvalue weighted by molar-refractivity contribution is 5.75. The van der Waals surface area contributed by atoms with Crippen LogP contribution >= 0.6 is 0 Å². The number of aryl methyl sites for hydroxylation is 2. The van der Waals surface area contributed by atoms with E-state index in [9.17, 15) is 0 Å². The van der Waals surface area contributed by atoms with E-state index in [1.54, 1.807) is 16.9 Å². The fourth-order valence-corrected chi connectivity index (χ4v) is 3.25. The Morgan fingerprint density at radius 3 is 2.90 bits per heavy atom. The molecule has 2 N–H and O–H groups in total. The summed E-state index contributed by atoms with van der Waals surface area (Å²) in [5.74, 6) is 2.58. The number of pyridine rings is 1. The number of hydrogen-bond acceptors (Lipinski definition) is 8. The number of aromatic nitrogens is 5. The molecule has 0 spiro atoms. The lowest BCUT2D eigenvalue weighted by atomic mass is 10.1. The Hall–Kier alpha value is -3.46. The van der Waals surface area contributed by atoms with Gasteiger partial charge in [-0.25, -0.2) is 9.50 Å². The fraction of sp³-hybridized carbons (Fsp3) is 0.300. The Bertz CT molecular complexity index is 1150. The van der Waals surface area contributed by atoms with Gasteiger partial charge >= 0.3 is 0 Å². The fourth-order valence-electron chi connectivity index (χ4n) is 3.25. The Kier molecular flexibility index (Phi) is 4.36. The molecule has 1 saturated heterocycles. The molecule has 9 heteroatoms. The first-order chi connectivity index (χ1) is 14.2. The second-order valence-electron chi connectivity index (χ2n) is 7.15. The van der Waals surface area contributed by atoms with Gasteiger partial charge in [0.15, 0.2) is 5.82 Å². The standard InChI is InChI=1S/C20H21N7O2/c1-12-9-23-18(10-22-12)24-17-8-16-7-14(4-6-27(16)25-17)19-13(2)29-26-20(19)28-11-15-3-5-21-15/h4,6-10,15,21H,3,5,11H2,1-2H3,(H,23,24,25). The summed E-state index contributed by atoms with van der Waals surface area (Å²) < 4.78 is 13.1. The molecule has 4 aromatic heterocycles. The van der Waals surface area contributed by atoms with Gasteiger partial charge in [-0.15, -0.1) is 0 Å². The molecule has 0 bridgehead atoms. The predicted molar refractivity (Wildman–Crippen MR) is 107 cm³/mol. The molecular weight excluding hydrogens is 370 g/mol. The van der Waals surface area contributed by atoms with Crippen LogP contribution in [0.5, 0.6) is 5.88 Å². The first-order valence-corrected chi connectivity index (χ1v) is 9.53. The van der Waals surface area contributed by atoms with Gasteiger partial charge in [-0.1, -0.05) is 0 Å². The van der Waals surface area contributed by atoms with Gasteiger partial charge in [-0.3, -0.25) is 4.98 Å². The maximum Gasteiger partial charge on any atom is 0.262 e. The molecule has 1 fully saturated rings. The summed E-state index contributed by atoms with van der Waals surface area (Å²) in [6.07, 6.45) is 6.42. The van der Waals surface area contributed by atoms with Crippen LogP contribution < -0.4 is 15.4 Å². The van der Waals surface area contributed by atoms with Crippen LogP contribution in [0.2, 0.25) is 0 Å². The van der Waals surface area contributed by atoms with Crippen molar-refractivity contribution in [3.8, 4) is 17.0 Å². The molecule has 1 atom stereocenters. The third-order valence-electron chi connectivity index (χ3n) is 4.97. The number of nitrogens with zero attached hydrogens (tertiary/aromatic N) is 5. The van der Waals surface area contributed by atoms with Gasteiger partial charge in [0.05, 0.1) is 29.2 Å². The van der Waals surface area contributed by atoms with Crippen LogP contribution in [0, 0.1) is 13.8 Å². The Labute approximate surface area is 167 Å². The van der Waals surface area contributed by atoms with Crippen molar-refractivity contribution in [2.45, 2.75) is 26.3 Å². The van der Waals surface area contributed by atoms with Crippen LogP contribution in [-0.2, 0) is 0 Å². The van der Waals surface area contributed by atoms with Crippen molar-refractivity contribution in [1.29, 1.82) is 0 Å². The number of hydrogen-bond donors (Lipinski definition) is 2. The predicted octanol–water partition coefficient (Wildman–Crippen LogP) is 2.88. The van der Waals surface area contributed by atoms with Crippen LogP contribution in [0.15, 0.2) is 41.3 Å². The molecule has 0 aromatic carbocycles. The first kappa shape index (κ1) is 17.6. The molecule has 5 rings (SSSR count). The lowest BCUT2D eigenvalue weighted by Crippen LogP contribution is -2.46. The van der Waals surface area contributed by atoms with Gasteiger partial charge < -0.3 is 19.9 Å². The molecule has 0 radical (unpaired) electrons. The van der Waals surface area contributed by atoms with Crippen LogP contribution in [-0.4, -0.2) is 43.9 Å². The second-order valence-corrected chi connectivity index (χ2v) is 7.15. The van der Waals surface area contributed by atoms with Crippen molar-refractivity contribution in [3.05, 3.63) is 48.2 Å². The van der Waals surface area contributed by atoms with Crippen LogP contribution in [0.25, 0.3) is 16.6 Å². The molecule has 1 unspecified atom stereocenters. The van der Waals surface area contributed by atoms with Crippen molar-refractivity contribution in [2.75, 3.05) is 18.5 Å². The highest BCUT2D eigenvalue weighted by Gasteiger charge is 2.21. The van der Waals surface area contributed by atoms with Crippen molar-refractivity contribution >= 4 is 17.2 Å². The maximum atomic E-state index is 5.90. The third kappa shape index (κ3) is 3.52. The lowest BCUT2D eigenvalue weighted by Gasteiger charge is -2.26. The third-order valence-corrected chi connectivity index (χ3v) is 4.97. The van der Waals surface area contributed by atoms with Gasteiger partial charge in [0.1, 0.15) is 18.2 Å². The second kappa shape index (κ2) is 7.17. The molecule has 29 heavy (non-hydrogen) atoms. The zero-order chi connectivity index (χ0) is 19.8. The van der Waals surface area contributed by atoms with E-state index in [1.165, 1.54) is 0 Å².